The summed E-state index contributed by atoms with van der Waals surface area (Å²) in [7, 11) is 0. The van der Waals surface area contributed by atoms with Crippen LogP contribution in [-0.2, 0) is 13.1 Å². The second-order valence-electron chi connectivity index (χ2n) is 6.04. The van der Waals surface area contributed by atoms with E-state index < -0.39 is 0 Å². The van der Waals surface area contributed by atoms with Crippen molar-refractivity contribution in [2.24, 2.45) is 0 Å². The Bertz CT molecular complexity index is 922. The molecular formula is C18H20BrClN6S. The lowest BCUT2D eigenvalue weighted by Crippen LogP contribution is -2.30. The molecule has 0 bridgehead atoms. The molecular weight excluding hydrogens is 448 g/mol. The second kappa shape index (κ2) is 9.34. The number of hydrogen-bond acceptors (Lipinski definition) is 3. The lowest BCUT2D eigenvalue weighted by atomic mass is 10.2. The van der Waals surface area contributed by atoms with Gasteiger partial charge in [0.15, 0.2) is 10.9 Å². The fourth-order valence-electron chi connectivity index (χ4n) is 2.58. The minimum atomic E-state index is 0.538. The Morgan fingerprint density at radius 2 is 2.11 bits per heavy atom. The standard InChI is InChI=1S/C18H20BrClN6S/c1-13-7-9-22-26(13)10-4-8-21-18(27)23-17-15(19)12-25(24-17)11-14-5-2-3-6-16(14)20/h2-3,5-7,9,12H,4,8,10-11H2,1H3,(H2,21,23,24,27). The molecule has 0 spiro atoms. The maximum Gasteiger partial charge on any atom is 0.172 e. The quantitative estimate of drug-likeness (QED) is 0.402. The molecule has 0 saturated heterocycles. The van der Waals surface area contributed by atoms with Crippen LogP contribution in [-0.4, -0.2) is 31.2 Å². The number of thiocarbonyl (C=S) groups is 1. The normalized spacial score (nSPS) is 10.8. The van der Waals surface area contributed by atoms with E-state index in [1.165, 1.54) is 0 Å². The first-order valence-electron chi connectivity index (χ1n) is 8.52. The molecule has 6 nitrogen and oxygen atoms in total. The molecule has 0 radical (unpaired) electrons. The molecule has 0 aliphatic heterocycles. The second-order valence-corrected chi connectivity index (χ2v) is 7.71. The minimum Gasteiger partial charge on any atom is -0.362 e. The maximum atomic E-state index is 6.22. The highest BCUT2D eigenvalue weighted by Crippen LogP contribution is 2.22. The van der Waals surface area contributed by atoms with Gasteiger partial charge in [-0.25, -0.2) is 0 Å². The molecule has 9 heteroatoms. The Labute approximate surface area is 177 Å². The first-order chi connectivity index (χ1) is 13.0. The summed E-state index contributed by atoms with van der Waals surface area (Å²) >= 11 is 15.1. The van der Waals surface area contributed by atoms with Crippen LogP contribution in [0.1, 0.15) is 17.7 Å². The number of aromatic nitrogens is 4. The summed E-state index contributed by atoms with van der Waals surface area (Å²) in [5.41, 5.74) is 2.17. The van der Waals surface area contributed by atoms with Crippen LogP contribution in [0.3, 0.4) is 0 Å². The predicted molar refractivity (Wildman–Crippen MR) is 116 cm³/mol. The summed E-state index contributed by atoms with van der Waals surface area (Å²) in [5.74, 6) is 0.669. The van der Waals surface area contributed by atoms with E-state index in [9.17, 15) is 0 Å². The lowest BCUT2D eigenvalue weighted by Gasteiger charge is -2.09. The summed E-state index contributed by atoms with van der Waals surface area (Å²) in [4.78, 5) is 0. The van der Waals surface area contributed by atoms with Gasteiger partial charge >= 0.3 is 0 Å². The molecule has 142 valence electrons. The predicted octanol–water partition coefficient (Wildman–Crippen LogP) is 4.23. The monoisotopic (exact) mass is 466 g/mol. The number of hydrogen-bond donors (Lipinski definition) is 2. The number of halogens is 2. The number of rotatable bonds is 7. The van der Waals surface area contributed by atoms with Gasteiger partial charge in [-0.3, -0.25) is 9.36 Å². The van der Waals surface area contributed by atoms with Crippen molar-refractivity contribution in [2.45, 2.75) is 26.4 Å². The SMILES string of the molecule is Cc1ccnn1CCCNC(=S)Nc1nn(Cc2ccccc2Cl)cc1Br. The molecule has 0 fully saturated rings. The third-order valence-corrected chi connectivity index (χ3v) is 5.20. The molecule has 1 aromatic carbocycles. The average Bonchev–Trinajstić information content (AvgIpc) is 3.19. The molecule has 0 aliphatic rings. The van der Waals surface area contributed by atoms with Crippen LogP contribution in [0.25, 0.3) is 0 Å². The van der Waals surface area contributed by atoms with Gasteiger partial charge in [0.2, 0.25) is 0 Å². The van der Waals surface area contributed by atoms with Gasteiger partial charge in [-0.15, -0.1) is 0 Å². The molecule has 3 aromatic rings. The van der Waals surface area contributed by atoms with Crippen LogP contribution in [0.2, 0.25) is 5.02 Å². The van der Waals surface area contributed by atoms with E-state index in [2.05, 4.69) is 36.8 Å². The van der Waals surface area contributed by atoms with E-state index in [1.807, 2.05) is 59.0 Å². The van der Waals surface area contributed by atoms with Gasteiger partial charge in [-0.05, 0) is 59.2 Å². The van der Waals surface area contributed by atoms with E-state index in [4.69, 9.17) is 23.8 Å². The van der Waals surface area contributed by atoms with Gasteiger partial charge in [-0.2, -0.15) is 10.2 Å². The number of nitrogens with one attached hydrogen (secondary N) is 2. The van der Waals surface area contributed by atoms with Gasteiger partial charge in [0.05, 0.1) is 11.0 Å². The van der Waals surface area contributed by atoms with Crippen molar-refractivity contribution in [3.05, 3.63) is 63.5 Å². The Morgan fingerprint density at radius 1 is 1.30 bits per heavy atom. The van der Waals surface area contributed by atoms with E-state index in [1.54, 1.807) is 0 Å². The van der Waals surface area contributed by atoms with E-state index >= 15 is 0 Å². The summed E-state index contributed by atoms with van der Waals surface area (Å²) in [5, 5.41) is 16.4. The smallest absolute Gasteiger partial charge is 0.172 e. The largest absolute Gasteiger partial charge is 0.362 e. The number of nitrogens with zero attached hydrogens (tertiary/aromatic N) is 4. The Balaban J connectivity index is 1.48. The number of benzene rings is 1. The molecule has 27 heavy (non-hydrogen) atoms. The lowest BCUT2D eigenvalue weighted by molar-refractivity contribution is 0.561. The van der Waals surface area contributed by atoms with Crippen molar-refractivity contribution in [2.75, 3.05) is 11.9 Å². The Kier molecular flexibility index (Phi) is 6.87. The van der Waals surface area contributed by atoms with Gasteiger partial charge in [-0.1, -0.05) is 29.8 Å². The van der Waals surface area contributed by atoms with E-state index in [0.717, 1.165) is 40.3 Å². The van der Waals surface area contributed by atoms with Gasteiger partial charge < -0.3 is 10.6 Å². The van der Waals surface area contributed by atoms with E-state index in [-0.39, 0.29) is 0 Å². The highest BCUT2D eigenvalue weighted by Gasteiger charge is 2.09. The first-order valence-corrected chi connectivity index (χ1v) is 10.1. The summed E-state index contributed by atoms with van der Waals surface area (Å²) in [6, 6.07) is 9.73. The highest BCUT2D eigenvalue weighted by atomic mass is 79.9. The molecule has 2 heterocycles. The summed E-state index contributed by atoms with van der Waals surface area (Å²) < 4.78 is 4.63. The van der Waals surface area contributed by atoms with Gasteiger partial charge in [0, 0.05) is 36.2 Å². The maximum absolute atomic E-state index is 6.22. The van der Waals surface area contributed by atoms with Crippen LogP contribution in [0, 0.1) is 6.92 Å². The zero-order valence-corrected chi connectivity index (χ0v) is 18.0. The molecule has 3 rings (SSSR count). The highest BCUT2D eigenvalue weighted by molar-refractivity contribution is 9.10. The van der Waals surface area contributed by atoms with Crippen molar-refractivity contribution in [1.29, 1.82) is 0 Å². The van der Waals surface area contributed by atoms with Crippen molar-refractivity contribution in [1.82, 2.24) is 24.9 Å². The van der Waals surface area contributed by atoms with Crippen molar-refractivity contribution in [3.63, 3.8) is 0 Å². The number of anilines is 1. The van der Waals surface area contributed by atoms with Crippen molar-refractivity contribution >= 4 is 50.7 Å². The summed E-state index contributed by atoms with van der Waals surface area (Å²) in [6.45, 7) is 4.24. The molecule has 2 aromatic heterocycles. The van der Waals surface area contributed by atoms with Crippen LogP contribution in [0.15, 0.2) is 47.2 Å². The molecule has 0 saturated carbocycles. The van der Waals surface area contributed by atoms with E-state index in [0.29, 0.717) is 17.5 Å². The molecule has 0 aliphatic carbocycles. The Hall–Kier alpha value is -1.90. The molecule has 0 atom stereocenters. The minimum absolute atomic E-state index is 0.538. The fourth-order valence-corrected chi connectivity index (χ4v) is 3.39. The van der Waals surface area contributed by atoms with Crippen LogP contribution < -0.4 is 10.6 Å². The average molecular weight is 468 g/mol. The fraction of sp³-hybridized carbons (Fsp3) is 0.278. The van der Waals surface area contributed by atoms with Crippen molar-refractivity contribution < 1.29 is 0 Å². The van der Waals surface area contributed by atoms with Gasteiger partial charge in [0.25, 0.3) is 0 Å². The topological polar surface area (TPSA) is 59.7 Å². The molecule has 0 amide bonds. The third kappa shape index (κ3) is 5.54. The van der Waals surface area contributed by atoms with Crippen molar-refractivity contribution in [3.8, 4) is 0 Å². The zero-order valence-electron chi connectivity index (χ0n) is 14.8. The zero-order chi connectivity index (χ0) is 19.2. The molecule has 2 N–H and O–H groups in total. The Morgan fingerprint density at radius 3 is 2.85 bits per heavy atom. The van der Waals surface area contributed by atoms with Crippen LogP contribution >= 0.6 is 39.7 Å². The molecule has 0 unspecified atom stereocenters. The summed E-state index contributed by atoms with van der Waals surface area (Å²) in [6.07, 6.45) is 4.63. The first kappa shape index (κ1) is 19.9. The number of aryl methyl sites for hydroxylation is 2. The van der Waals surface area contributed by atoms with Gasteiger partial charge in [0.1, 0.15) is 0 Å². The third-order valence-electron chi connectivity index (χ3n) is 4.00. The van der Waals surface area contributed by atoms with Crippen LogP contribution in [0.4, 0.5) is 5.82 Å². The van der Waals surface area contributed by atoms with Crippen LogP contribution in [0.5, 0.6) is 0 Å².